The summed E-state index contributed by atoms with van der Waals surface area (Å²) >= 11 is 0. The van der Waals surface area contributed by atoms with Crippen molar-refractivity contribution in [2.45, 2.75) is 51.4 Å². The van der Waals surface area contributed by atoms with Crippen LogP contribution in [-0.2, 0) is 9.59 Å². The molecular weight excluding hydrogens is 452 g/mol. The molecule has 0 atom stereocenters. The van der Waals surface area contributed by atoms with E-state index in [-0.39, 0.29) is 11.8 Å². The molecule has 0 aliphatic rings. The van der Waals surface area contributed by atoms with Crippen molar-refractivity contribution in [2.75, 3.05) is 0 Å². The van der Waals surface area contributed by atoms with Gasteiger partial charge in [-0.3, -0.25) is 9.59 Å². The Bertz CT molecular complexity index is 1250. The maximum absolute atomic E-state index is 12.0. The first-order valence-corrected chi connectivity index (χ1v) is 12.5. The average Bonchev–Trinajstić information content (AvgIpc) is 3.50. The van der Waals surface area contributed by atoms with Gasteiger partial charge in [0, 0.05) is 58.2 Å². The van der Waals surface area contributed by atoms with Crippen LogP contribution in [-0.4, -0.2) is 34.2 Å². The van der Waals surface area contributed by atoms with Crippen LogP contribution in [0.25, 0.3) is 21.8 Å². The van der Waals surface area contributed by atoms with Gasteiger partial charge in [-0.2, -0.15) is 10.2 Å². The molecule has 186 valence electrons. The Balaban J connectivity index is 1.01. The monoisotopic (exact) mass is 484 g/mol. The van der Waals surface area contributed by atoms with Crippen LogP contribution in [0.1, 0.15) is 62.5 Å². The molecule has 0 spiro atoms. The second-order valence-corrected chi connectivity index (χ2v) is 8.79. The number of benzene rings is 2. The number of hydrogen-bond donors (Lipinski definition) is 4. The third-order valence-corrected chi connectivity index (χ3v) is 6.09. The summed E-state index contributed by atoms with van der Waals surface area (Å²) in [7, 11) is 0. The van der Waals surface area contributed by atoms with Crippen LogP contribution in [0.4, 0.5) is 0 Å². The third-order valence-electron chi connectivity index (χ3n) is 6.09. The van der Waals surface area contributed by atoms with Crippen molar-refractivity contribution >= 4 is 46.0 Å². The summed E-state index contributed by atoms with van der Waals surface area (Å²) in [5.74, 6) is -0.146. The number of aromatic nitrogens is 2. The van der Waals surface area contributed by atoms with Gasteiger partial charge < -0.3 is 9.97 Å². The molecule has 4 rings (SSSR count). The highest BCUT2D eigenvalue weighted by atomic mass is 16.2. The minimum Gasteiger partial charge on any atom is -0.361 e. The molecule has 8 nitrogen and oxygen atoms in total. The molecular formula is C28H32N6O2. The second kappa shape index (κ2) is 13.0. The minimum absolute atomic E-state index is 0.0732. The van der Waals surface area contributed by atoms with E-state index in [4.69, 9.17) is 0 Å². The van der Waals surface area contributed by atoms with Gasteiger partial charge in [-0.1, -0.05) is 62.1 Å². The maximum atomic E-state index is 12.0. The molecule has 8 heteroatoms. The fourth-order valence-electron chi connectivity index (χ4n) is 4.14. The molecule has 0 radical (unpaired) electrons. The molecule has 36 heavy (non-hydrogen) atoms. The molecule has 4 aromatic rings. The van der Waals surface area contributed by atoms with E-state index in [0.717, 1.165) is 71.5 Å². The van der Waals surface area contributed by atoms with Crippen molar-refractivity contribution in [3.05, 3.63) is 72.1 Å². The largest absolute Gasteiger partial charge is 0.361 e. The van der Waals surface area contributed by atoms with Crippen LogP contribution in [0, 0.1) is 0 Å². The van der Waals surface area contributed by atoms with E-state index in [0.29, 0.717) is 12.8 Å². The molecule has 2 amide bonds. The first-order chi connectivity index (χ1) is 17.7. The second-order valence-electron chi connectivity index (χ2n) is 8.79. The van der Waals surface area contributed by atoms with Crippen molar-refractivity contribution < 1.29 is 9.59 Å². The zero-order valence-electron chi connectivity index (χ0n) is 20.3. The SMILES string of the molecule is O=C(CCCCCCCCC(=O)N/N=C/c1c[nH]c2ccccc12)N/N=C/c1c[nH]c2ccccc12. The van der Waals surface area contributed by atoms with Gasteiger partial charge in [0.1, 0.15) is 0 Å². The topological polar surface area (TPSA) is 114 Å². The van der Waals surface area contributed by atoms with Gasteiger partial charge in [0.15, 0.2) is 0 Å². The Hall–Kier alpha value is -4.20. The van der Waals surface area contributed by atoms with E-state index in [2.05, 4.69) is 31.0 Å². The normalized spacial score (nSPS) is 11.7. The number of aromatic amines is 2. The highest BCUT2D eigenvalue weighted by molar-refractivity contribution is 6.00. The van der Waals surface area contributed by atoms with Crippen molar-refractivity contribution in [3.63, 3.8) is 0 Å². The lowest BCUT2D eigenvalue weighted by molar-refractivity contribution is -0.122. The van der Waals surface area contributed by atoms with Crippen molar-refractivity contribution in [2.24, 2.45) is 10.2 Å². The van der Waals surface area contributed by atoms with Gasteiger partial charge in [-0.15, -0.1) is 0 Å². The number of amides is 2. The number of carbonyl (C=O) groups excluding carboxylic acids is 2. The number of H-pyrrole nitrogens is 2. The summed E-state index contributed by atoms with van der Waals surface area (Å²) in [6.45, 7) is 0. The smallest absolute Gasteiger partial charge is 0.240 e. The van der Waals surface area contributed by atoms with E-state index in [9.17, 15) is 9.59 Å². The zero-order valence-corrected chi connectivity index (χ0v) is 20.3. The number of nitrogens with one attached hydrogen (secondary N) is 4. The van der Waals surface area contributed by atoms with E-state index >= 15 is 0 Å². The van der Waals surface area contributed by atoms with E-state index in [1.54, 1.807) is 12.4 Å². The summed E-state index contributed by atoms with van der Waals surface area (Å²) in [5, 5.41) is 10.3. The maximum Gasteiger partial charge on any atom is 0.240 e. The molecule has 0 aliphatic carbocycles. The van der Waals surface area contributed by atoms with Crippen molar-refractivity contribution in [3.8, 4) is 0 Å². The first kappa shape index (κ1) is 24.9. The Morgan fingerprint density at radius 3 is 1.53 bits per heavy atom. The number of nitrogens with zero attached hydrogens (tertiary/aromatic N) is 2. The van der Waals surface area contributed by atoms with Crippen LogP contribution in [0.2, 0.25) is 0 Å². The van der Waals surface area contributed by atoms with Gasteiger partial charge in [-0.25, -0.2) is 10.9 Å². The lowest BCUT2D eigenvalue weighted by Gasteiger charge is -2.02. The quantitative estimate of drug-likeness (QED) is 0.116. The van der Waals surface area contributed by atoms with E-state index in [1.165, 1.54) is 0 Å². The van der Waals surface area contributed by atoms with E-state index in [1.807, 2.05) is 60.9 Å². The molecule has 0 aliphatic heterocycles. The van der Waals surface area contributed by atoms with Gasteiger partial charge in [0.05, 0.1) is 12.4 Å². The van der Waals surface area contributed by atoms with E-state index < -0.39 is 0 Å². The number of para-hydroxylation sites is 2. The van der Waals surface area contributed by atoms with Crippen molar-refractivity contribution in [1.82, 2.24) is 20.8 Å². The Morgan fingerprint density at radius 2 is 1.06 bits per heavy atom. The van der Waals surface area contributed by atoms with Gasteiger partial charge >= 0.3 is 0 Å². The Morgan fingerprint density at radius 1 is 0.639 bits per heavy atom. The van der Waals surface area contributed by atoms with Crippen LogP contribution in [0.15, 0.2) is 71.1 Å². The number of hydrogen-bond acceptors (Lipinski definition) is 4. The molecule has 2 aromatic carbocycles. The summed E-state index contributed by atoms with van der Waals surface area (Å²) in [5.41, 5.74) is 9.18. The number of unbranched alkanes of at least 4 members (excludes halogenated alkanes) is 5. The summed E-state index contributed by atoms with van der Waals surface area (Å²) in [6.07, 6.45) is 13.7. The van der Waals surface area contributed by atoms with Crippen LogP contribution in [0.3, 0.4) is 0 Å². The molecule has 2 heterocycles. The molecule has 2 aromatic heterocycles. The highest BCUT2D eigenvalue weighted by Gasteiger charge is 2.03. The minimum atomic E-state index is -0.0732. The van der Waals surface area contributed by atoms with Gasteiger partial charge in [0.25, 0.3) is 0 Å². The van der Waals surface area contributed by atoms with Gasteiger partial charge in [0.2, 0.25) is 11.8 Å². The lowest BCUT2D eigenvalue weighted by atomic mass is 10.1. The van der Waals surface area contributed by atoms with Crippen molar-refractivity contribution in [1.29, 1.82) is 0 Å². The zero-order chi connectivity index (χ0) is 25.0. The van der Waals surface area contributed by atoms with Crippen LogP contribution in [0.5, 0.6) is 0 Å². The van der Waals surface area contributed by atoms with Crippen LogP contribution < -0.4 is 10.9 Å². The number of fused-ring (bicyclic) bond motifs is 2. The molecule has 0 fully saturated rings. The summed E-state index contributed by atoms with van der Waals surface area (Å²) in [4.78, 5) is 30.3. The molecule has 0 bridgehead atoms. The lowest BCUT2D eigenvalue weighted by Crippen LogP contribution is -2.17. The third kappa shape index (κ3) is 7.15. The number of hydrazone groups is 2. The highest BCUT2D eigenvalue weighted by Crippen LogP contribution is 2.16. The predicted octanol–water partition coefficient (Wildman–Crippen LogP) is 5.37. The fourth-order valence-corrected chi connectivity index (χ4v) is 4.14. The molecule has 0 saturated carbocycles. The standard InChI is InChI=1S/C28H32N6O2/c35-27(33-31-19-21-17-29-25-13-9-7-11-23(21)25)15-5-3-1-2-4-6-16-28(36)34-32-20-22-18-30-26-14-10-8-12-24(22)26/h7-14,17-20,29-30H,1-6,15-16H2,(H,33,35)(H,34,36)/b31-19+,32-20+. The van der Waals surface area contributed by atoms with Gasteiger partial charge in [-0.05, 0) is 25.0 Å². The molecule has 0 unspecified atom stereocenters. The molecule has 4 N–H and O–H groups in total. The van der Waals surface area contributed by atoms with Crippen LogP contribution >= 0.6 is 0 Å². The predicted molar refractivity (Wildman–Crippen MR) is 145 cm³/mol. The average molecular weight is 485 g/mol. The fraction of sp³-hybridized carbons (Fsp3) is 0.286. The molecule has 0 saturated heterocycles. The summed E-state index contributed by atoms with van der Waals surface area (Å²) < 4.78 is 0. The Kier molecular flexibility index (Phi) is 9.02. The first-order valence-electron chi connectivity index (χ1n) is 12.5. The Labute approximate surface area is 210 Å². The number of rotatable bonds is 13. The number of carbonyl (C=O) groups is 2. The summed E-state index contributed by atoms with van der Waals surface area (Å²) in [6, 6.07) is 15.9.